The highest BCUT2D eigenvalue weighted by molar-refractivity contribution is 5.99. The number of carbonyl (C=O) groups is 2. The van der Waals surface area contributed by atoms with Crippen LogP contribution in [0.25, 0.3) is 11.1 Å². The molecule has 0 radical (unpaired) electrons. The second-order valence-electron chi connectivity index (χ2n) is 7.75. The number of anilines is 1. The van der Waals surface area contributed by atoms with Crippen molar-refractivity contribution >= 4 is 17.5 Å². The topological polar surface area (TPSA) is 58.6 Å². The Hall–Kier alpha value is -3.60. The number of methoxy groups -OCH3 is 1. The van der Waals surface area contributed by atoms with Gasteiger partial charge in [-0.05, 0) is 48.2 Å². The molecule has 0 aromatic heterocycles. The number of Topliss-reactive ketones (excluding diaryl/α,β-unsaturated/α-hetero) is 1. The summed E-state index contributed by atoms with van der Waals surface area (Å²) in [7, 11) is 1.60. The summed E-state index contributed by atoms with van der Waals surface area (Å²) >= 11 is 0. The maximum Gasteiger partial charge on any atom is 0.321 e. The number of hydrogen-bond donors (Lipinski definition) is 1. The average molecular weight is 415 g/mol. The number of ether oxygens (including phenoxy) is 1. The van der Waals surface area contributed by atoms with E-state index < -0.39 is 0 Å². The van der Waals surface area contributed by atoms with Gasteiger partial charge in [0.15, 0.2) is 5.78 Å². The van der Waals surface area contributed by atoms with E-state index in [-0.39, 0.29) is 17.7 Å². The van der Waals surface area contributed by atoms with E-state index in [0.717, 1.165) is 29.7 Å². The number of nitrogens with one attached hydrogen (secondary N) is 1. The van der Waals surface area contributed by atoms with Gasteiger partial charge in [-0.1, -0.05) is 54.6 Å². The molecule has 1 aliphatic rings. The van der Waals surface area contributed by atoms with Crippen molar-refractivity contribution in [1.82, 2.24) is 4.90 Å². The highest BCUT2D eigenvalue weighted by Crippen LogP contribution is 2.25. The molecule has 158 valence electrons. The summed E-state index contributed by atoms with van der Waals surface area (Å²) in [6.45, 7) is 1.08. The molecule has 1 saturated heterocycles. The fourth-order valence-corrected chi connectivity index (χ4v) is 3.95. The van der Waals surface area contributed by atoms with E-state index in [1.807, 2.05) is 42.5 Å². The van der Waals surface area contributed by atoms with E-state index in [1.54, 1.807) is 36.3 Å². The molecule has 1 N–H and O–H groups in total. The molecule has 1 aliphatic heterocycles. The van der Waals surface area contributed by atoms with Crippen LogP contribution in [0.15, 0.2) is 78.9 Å². The lowest BCUT2D eigenvalue weighted by Gasteiger charge is -2.32. The van der Waals surface area contributed by atoms with Crippen LogP contribution >= 0.6 is 0 Å². The van der Waals surface area contributed by atoms with E-state index >= 15 is 0 Å². The lowest BCUT2D eigenvalue weighted by atomic mass is 9.89. The molecule has 4 rings (SSSR count). The second-order valence-corrected chi connectivity index (χ2v) is 7.75. The summed E-state index contributed by atoms with van der Waals surface area (Å²) in [6.07, 6.45) is 1.61. The minimum atomic E-state index is -0.182. The van der Waals surface area contributed by atoms with Crippen molar-refractivity contribution in [3.63, 3.8) is 0 Å². The molecule has 5 nitrogen and oxygen atoms in total. The van der Waals surface area contributed by atoms with Crippen LogP contribution in [-0.2, 0) is 0 Å². The number of nitrogens with zero attached hydrogens (tertiary/aromatic N) is 1. The SMILES string of the molecule is COc1ccc(NC(=O)N2CCC[C@@H](C(=O)c3ccc(-c4ccccc4)cc3)C2)cc1. The molecule has 0 bridgehead atoms. The summed E-state index contributed by atoms with van der Waals surface area (Å²) in [5, 5.41) is 2.91. The third-order valence-electron chi connectivity index (χ3n) is 5.70. The summed E-state index contributed by atoms with van der Waals surface area (Å²) in [5.41, 5.74) is 3.61. The van der Waals surface area contributed by atoms with Gasteiger partial charge in [-0.2, -0.15) is 0 Å². The van der Waals surface area contributed by atoms with Crippen molar-refractivity contribution in [1.29, 1.82) is 0 Å². The van der Waals surface area contributed by atoms with Gasteiger partial charge in [-0.15, -0.1) is 0 Å². The van der Waals surface area contributed by atoms with Gasteiger partial charge in [0.25, 0.3) is 0 Å². The molecule has 31 heavy (non-hydrogen) atoms. The van der Waals surface area contributed by atoms with Crippen molar-refractivity contribution in [3.8, 4) is 16.9 Å². The number of urea groups is 1. The first-order valence-electron chi connectivity index (χ1n) is 10.5. The first-order chi connectivity index (χ1) is 15.1. The lowest BCUT2D eigenvalue weighted by Crippen LogP contribution is -2.44. The fourth-order valence-electron chi connectivity index (χ4n) is 3.95. The van der Waals surface area contributed by atoms with Gasteiger partial charge in [-0.25, -0.2) is 4.79 Å². The first-order valence-corrected chi connectivity index (χ1v) is 10.5. The predicted molar refractivity (Wildman–Crippen MR) is 123 cm³/mol. The molecule has 3 aromatic carbocycles. The fraction of sp³-hybridized carbons (Fsp3) is 0.231. The quantitative estimate of drug-likeness (QED) is 0.562. The normalized spacial score (nSPS) is 15.9. The van der Waals surface area contributed by atoms with E-state index in [2.05, 4.69) is 17.4 Å². The molecule has 1 atom stereocenters. The summed E-state index contributed by atoms with van der Waals surface area (Å²) < 4.78 is 5.14. The molecular weight excluding hydrogens is 388 g/mol. The van der Waals surface area contributed by atoms with Gasteiger partial charge in [0.1, 0.15) is 5.75 Å². The summed E-state index contributed by atoms with van der Waals surface area (Å²) in [6, 6.07) is 24.9. The molecule has 1 heterocycles. The van der Waals surface area contributed by atoms with Gasteiger partial charge in [0, 0.05) is 30.3 Å². The molecule has 2 amide bonds. The average Bonchev–Trinajstić information content (AvgIpc) is 2.85. The molecule has 0 saturated carbocycles. The highest BCUT2D eigenvalue weighted by Gasteiger charge is 2.29. The Kier molecular flexibility index (Phi) is 6.32. The van der Waals surface area contributed by atoms with Crippen LogP contribution in [0.5, 0.6) is 5.75 Å². The maximum absolute atomic E-state index is 13.1. The van der Waals surface area contributed by atoms with Crippen LogP contribution < -0.4 is 10.1 Å². The number of piperidine rings is 1. The zero-order valence-electron chi connectivity index (χ0n) is 17.6. The first kappa shape index (κ1) is 20.7. The number of amides is 2. The van der Waals surface area contributed by atoms with Crippen molar-refractivity contribution in [3.05, 3.63) is 84.4 Å². The third kappa shape index (κ3) is 4.94. The van der Waals surface area contributed by atoms with Crippen molar-refractivity contribution in [2.75, 3.05) is 25.5 Å². The minimum Gasteiger partial charge on any atom is -0.497 e. The zero-order chi connectivity index (χ0) is 21.6. The maximum atomic E-state index is 13.1. The lowest BCUT2D eigenvalue weighted by molar-refractivity contribution is 0.0851. The number of carbonyl (C=O) groups excluding carboxylic acids is 2. The number of benzene rings is 3. The summed E-state index contributed by atoms with van der Waals surface area (Å²) in [4.78, 5) is 27.5. The smallest absolute Gasteiger partial charge is 0.321 e. The Morgan fingerprint density at radius 3 is 2.26 bits per heavy atom. The standard InChI is InChI=1S/C26H26N2O3/c1-31-24-15-13-23(14-16-24)27-26(30)28-17-5-8-22(18-28)25(29)21-11-9-20(10-12-21)19-6-3-2-4-7-19/h2-4,6-7,9-16,22H,5,8,17-18H2,1H3,(H,27,30)/t22-/m1/s1. The number of rotatable bonds is 5. The Balaban J connectivity index is 1.39. The Bertz CT molecular complexity index is 1030. The molecule has 0 spiro atoms. The van der Waals surface area contributed by atoms with Gasteiger partial charge in [0.2, 0.25) is 0 Å². The third-order valence-corrected chi connectivity index (χ3v) is 5.70. The Labute approximate surface area is 182 Å². The molecule has 3 aromatic rings. The van der Waals surface area contributed by atoms with E-state index in [9.17, 15) is 9.59 Å². The predicted octanol–water partition coefficient (Wildman–Crippen LogP) is 5.49. The Morgan fingerprint density at radius 2 is 1.58 bits per heavy atom. The monoisotopic (exact) mass is 414 g/mol. The molecular formula is C26H26N2O3. The van der Waals surface area contributed by atoms with E-state index in [0.29, 0.717) is 24.3 Å². The van der Waals surface area contributed by atoms with Crippen LogP contribution in [0.3, 0.4) is 0 Å². The van der Waals surface area contributed by atoms with Crippen LogP contribution in [0.1, 0.15) is 23.2 Å². The van der Waals surface area contributed by atoms with Gasteiger partial charge < -0.3 is 15.0 Å². The van der Waals surface area contributed by atoms with E-state index in [1.165, 1.54) is 0 Å². The molecule has 1 fully saturated rings. The summed E-state index contributed by atoms with van der Waals surface area (Å²) in [5.74, 6) is 0.652. The van der Waals surface area contributed by atoms with Crippen LogP contribution in [0, 0.1) is 5.92 Å². The Morgan fingerprint density at radius 1 is 0.903 bits per heavy atom. The molecule has 5 heteroatoms. The van der Waals surface area contributed by atoms with Crippen molar-refractivity contribution in [2.45, 2.75) is 12.8 Å². The molecule has 0 aliphatic carbocycles. The largest absolute Gasteiger partial charge is 0.497 e. The number of likely N-dealkylation sites (tertiary alicyclic amines) is 1. The van der Waals surface area contributed by atoms with Gasteiger partial charge in [0.05, 0.1) is 7.11 Å². The number of ketones is 1. The van der Waals surface area contributed by atoms with Crippen LogP contribution in [-0.4, -0.2) is 36.9 Å². The van der Waals surface area contributed by atoms with E-state index in [4.69, 9.17) is 4.74 Å². The minimum absolute atomic E-state index is 0.0987. The highest BCUT2D eigenvalue weighted by atomic mass is 16.5. The van der Waals surface area contributed by atoms with Gasteiger partial charge in [-0.3, -0.25) is 4.79 Å². The second kappa shape index (κ2) is 9.47. The van der Waals surface area contributed by atoms with Crippen LogP contribution in [0.2, 0.25) is 0 Å². The van der Waals surface area contributed by atoms with Crippen molar-refractivity contribution in [2.24, 2.45) is 5.92 Å². The molecule has 0 unspecified atom stereocenters. The number of hydrogen-bond acceptors (Lipinski definition) is 3. The van der Waals surface area contributed by atoms with Gasteiger partial charge >= 0.3 is 6.03 Å². The van der Waals surface area contributed by atoms with Crippen LogP contribution in [0.4, 0.5) is 10.5 Å². The van der Waals surface area contributed by atoms with Crippen molar-refractivity contribution < 1.29 is 14.3 Å². The zero-order valence-corrected chi connectivity index (χ0v) is 17.6.